The first-order chi connectivity index (χ1) is 12.5. The van der Waals surface area contributed by atoms with Crippen LogP contribution in [-0.2, 0) is 0 Å². The summed E-state index contributed by atoms with van der Waals surface area (Å²) in [6.45, 7) is 1.89. The molecule has 3 aromatic rings. The number of non-ortho nitro benzene ring substituents is 1. The van der Waals surface area contributed by atoms with Crippen LogP contribution in [0.5, 0.6) is 5.95 Å². The summed E-state index contributed by atoms with van der Waals surface area (Å²) >= 11 is 0. The molecule has 128 valence electrons. The summed E-state index contributed by atoms with van der Waals surface area (Å²) in [6.07, 6.45) is 1.72. The van der Waals surface area contributed by atoms with E-state index in [2.05, 4.69) is 9.98 Å². The molecule has 2 aromatic carbocycles. The van der Waals surface area contributed by atoms with E-state index >= 15 is 0 Å². The summed E-state index contributed by atoms with van der Waals surface area (Å²) in [6, 6.07) is 13.5. The molecule has 0 bridgehead atoms. The highest BCUT2D eigenvalue weighted by Crippen LogP contribution is 2.37. The summed E-state index contributed by atoms with van der Waals surface area (Å²) < 4.78 is 5.32. The van der Waals surface area contributed by atoms with Gasteiger partial charge < -0.3 is 9.52 Å². The maximum atomic E-state index is 10.7. The van der Waals surface area contributed by atoms with Gasteiger partial charge >= 0.3 is 5.95 Å². The number of para-hydroxylation sites is 1. The van der Waals surface area contributed by atoms with E-state index in [1.54, 1.807) is 6.08 Å². The maximum absolute atomic E-state index is 10.7. The largest absolute Gasteiger partial charge is 0.479 e. The molecule has 0 fully saturated rings. The molecule has 0 atom stereocenters. The van der Waals surface area contributed by atoms with E-state index < -0.39 is 4.92 Å². The van der Waals surface area contributed by atoms with Gasteiger partial charge in [0.15, 0.2) is 0 Å². The van der Waals surface area contributed by atoms with Crippen molar-refractivity contribution in [1.82, 2.24) is 4.98 Å². The average Bonchev–Trinajstić information content (AvgIpc) is 3.16. The third kappa shape index (κ3) is 2.65. The second kappa shape index (κ2) is 5.96. The average molecular weight is 347 g/mol. The number of nitro benzene ring substituents is 1. The first-order valence-electron chi connectivity index (χ1n) is 7.84. The van der Waals surface area contributed by atoms with Gasteiger partial charge in [0.25, 0.3) is 5.69 Å². The van der Waals surface area contributed by atoms with E-state index in [9.17, 15) is 15.2 Å². The lowest BCUT2D eigenvalue weighted by Crippen LogP contribution is -1.90. The quantitative estimate of drug-likeness (QED) is 0.551. The Morgan fingerprint density at radius 1 is 1.15 bits per heavy atom. The fourth-order valence-corrected chi connectivity index (χ4v) is 2.82. The lowest BCUT2D eigenvalue weighted by molar-refractivity contribution is -0.384. The van der Waals surface area contributed by atoms with Crippen molar-refractivity contribution < 1.29 is 14.4 Å². The molecule has 0 amide bonds. The molecule has 4 rings (SSSR count). The molecule has 1 aliphatic heterocycles. The number of nitrogens with zero attached hydrogens (tertiary/aromatic N) is 3. The van der Waals surface area contributed by atoms with Gasteiger partial charge in [0, 0.05) is 34.5 Å². The van der Waals surface area contributed by atoms with E-state index in [0.29, 0.717) is 5.56 Å². The van der Waals surface area contributed by atoms with Crippen LogP contribution in [0.15, 0.2) is 57.9 Å². The van der Waals surface area contributed by atoms with E-state index in [1.807, 2.05) is 31.2 Å². The Morgan fingerprint density at radius 2 is 1.88 bits per heavy atom. The molecule has 1 aliphatic rings. The van der Waals surface area contributed by atoms with Crippen LogP contribution >= 0.6 is 0 Å². The van der Waals surface area contributed by atoms with Gasteiger partial charge in [-0.05, 0) is 31.2 Å². The minimum absolute atomic E-state index is 0.0266. The number of aromatic hydroxyl groups is 1. The van der Waals surface area contributed by atoms with Crippen molar-refractivity contribution >= 4 is 28.7 Å². The number of allylic oxidation sites excluding steroid dienone is 1. The topological polar surface area (TPSA) is 102 Å². The number of rotatable bonds is 3. The third-order valence-corrected chi connectivity index (χ3v) is 4.11. The summed E-state index contributed by atoms with van der Waals surface area (Å²) in [5.41, 5.74) is 4.30. The molecule has 0 aliphatic carbocycles. The molecule has 7 nitrogen and oxygen atoms in total. The molecule has 1 N–H and O–H groups in total. The van der Waals surface area contributed by atoms with E-state index in [1.165, 1.54) is 24.3 Å². The van der Waals surface area contributed by atoms with Crippen LogP contribution in [0.2, 0.25) is 0 Å². The Labute approximate surface area is 148 Å². The number of hydrogen-bond donors (Lipinski definition) is 1. The van der Waals surface area contributed by atoms with Crippen molar-refractivity contribution in [3.8, 4) is 17.4 Å². The lowest BCUT2D eigenvalue weighted by atomic mass is 10.0. The summed E-state index contributed by atoms with van der Waals surface area (Å²) in [5.74, 6) is -0.131. The molecule has 0 spiro atoms. The zero-order valence-electron chi connectivity index (χ0n) is 13.7. The zero-order chi connectivity index (χ0) is 18.3. The van der Waals surface area contributed by atoms with Gasteiger partial charge in [-0.15, -0.1) is 0 Å². The van der Waals surface area contributed by atoms with Crippen LogP contribution in [0.1, 0.15) is 18.2 Å². The van der Waals surface area contributed by atoms with E-state index in [-0.39, 0.29) is 23.2 Å². The molecule has 26 heavy (non-hydrogen) atoms. The van der Waals surface area contributed by atoms with Crippen molar-refractivity contribution in [2.75, 3.05) is 0 Å². The van der Waals surface area contributed by atoms with Crippen LogP contribution < -0.4 is 0 Å². The Hall–Kier alpha value is -3.74. The predicted octanol–water partition coefficient (Wildman–Crippen LogP) is 4.60. The monoisotopic (exact) mass is 347 g/mol. The SMILES string of the molecule is CC1=Nc2ccccc2/C1=C\c1nc(-c2ccc([N+](=O)[O-])cc2)oc1O. The number of oxazole rings is 1. The zero-order valence-corrected chi connectivity index (χ0v) is 13.7. The highest BCUT2D eigenvalue weighted by Gasteiger charge is 2.20. The summed E-state index contributed by atoms with van der Waals surface area (Å²) in [5, 5.41) is 20.8. The summed E-state index contributed by atoms with van der Waals surface area (Å²) in [4.78, 5) is 19.1. The third-order valence-electron chi connectivity index (χ3n) is 4.11. The molecule has 0 saturated carbocycles. The number of benzene rings is 2. The Kier molecular flexibility index (Phi) is 3.62. The van der Waals surface area contributed by atoms with Crippen molar-refractivity contribution in [2.45, 2.75) is 6.92 Å². The van der Waals surface area contributed by atoms with Crippen molar-refractivity contribution in [3.05, 3.63) is 69.9 Å². The maximum Gasteiger partial charge on any atom is 0.310 e. The van der Waals surface area contributed by atoms with Gasteiger partial charge in [-0.3, -0.25) is 15.1 Å². The Balaban J connectivity index is 1.72. The molecule has 2 heterocycles. The molecule has 0 unspecified atom stereocenters. The highest BCUT2D eigenvalue weighted by atomic mass is 16.6. The standard InChI is InChI=1S/C19H13N3O4/c1-11-15(14-4-2-3-5-16(14)20-11)10-17-19(23)26-18(21-17)12-6-8-13(9-7-12)22(24)25/h2-10,23H,1H3/b15-10-. The van der Waals surface area contributed by atoms with Crippen LogP contribution in [0.25, 0.3) is 23.1 Å². The fourth-order valence-electron chi connectivity index (χ4n) is 2.82. The van der Waals surface area contributed by atoms with Gasteiger partial charge in [0.1, 0.15) is 5.69 Å². The van der Waals surface area contributed by atoms with E-state index in [4.69, 9.17) is 4.42 Å². The Bertz CT molecular complexity index is 1080. The van der Waals surface area contributed by atoms with E-state index in [0.717, 1.165) is 22.5 Å². The first kappa shape index (κ1) is 15.8. The van der Waals surface area contributed by atoms with Gasteiger partial charge in [-0.1, -0.05) is 18.2 Å². The minimum atomic E-state index is -0.480. The second-order valence-electron chi connectivity index (χ2n) is 5.79. The van der Waals surface area contributed by atoms with Crippen LogP contribution in [0, 0.1) is 10.1 Å². The fraction of sp³-hybridized carbons (Fsp3) is 0.0526. The number of aliphatic imine (C=N–C) groups is 1. The van der Waals surface area contributed by atoms with Crippen LogP contribution in [-0.4, -0.2) is 20.7 Å². The van der Waals surface area contributed by atoms with Gasteiger partial charge in [-0.2, -0.15) is 0 Å². The highest BCUT2D eigenvalue weighted by molar-refractivity contribution is 6.31. The Morgan fingerprint density at radius 3 is 2.62 bits per heavy atom. The minimum Gasteiger partial charge on any atom is -0.479 e. The number of hydrogen-bond acceptors (Lipinski definition) is 6. The number of fused-ring (bicyclic) bond motifs is 1. The van der Waals surface area contributed by atoms with Crippen LogP contribution in [0.4, 0.5) is 11.4 Å². The van der Waals surface area contributed by atoms with Gasteiger partial charge in [0.05, 0.1) is 10.6 Å². The first-order valence-corrected chi connectivity index (χ1v) is 7.84. The van der Waals surface area contributed by atoms with Crippen LogP contribution in [0.3, 0.4) is 0 Å². The van der Waals surface area contributed by atoms with Crippen molar-refractivity contribution in [3.63, 3.8) is 0 Å². The smallest absolute Gasteiger partial charge is 0.310 e. The van der Waals surface area contributed by atoms with Gasteiger partial charge in [-0.25, -0.2) is 4.98 Å². The normalized spacial score (nSPS) is 14.3. The second-order valence-corrected chi connectivity index (χ2v) is 5.79. The lowest BCUT2D eigenvalue weighted by Gasteiger charge is -1.99. The number of nitro groups is 1. The molecule has 1 aromatic heterocycles. The summed E-state index contributed by atoms with van der Waals surface area (Å²) in [7, 11) is 0. The number of aromatic nitrogens is 1. The molecule has 0 radical (unpaired) electrons. The van der Waals surface area contributed by atoms with Crippen molar-refractivity contribution in [2.24, 2.45) is 4.99 Å². The molecular formula is C19H13N3O4. The molecular weight excluding hydrogens is 334 g/mol. The molecule has 0 saturated heterocycles. The van der Waals surface area contributed by atoms with Gasteiger partial charge in [0.2, 0.25) is 5.89 Å². The molecule has 7 heteroatoms. The predicted molar refractivity (Wildman–Crippen MR) is 97.3 cm³/mol. The van der Waals surface area contributed by atoms with Crippen molar-refractivity contribution in [1.29, 1.82) is 0 Å².